The van der Waals surface area contributed by atoms with E-state index < -0.39 is 0 Å². The van der Waals surface area contributed by atoms with Crippen molar-refractivity contribution in [3.8, 4) is 0 Å². The van der Waals surface area contributed by atoms with Gasteiger partial charge in [-0.25, -0.2) is 0 Å². The fraction of sp³-hybridized carbons (Fsp3) is 0.923. The number of thioether (sulfide) groups is 1. The highest BCUT2D eigenvalue weighted by Gasteiger charge is 2.23. The predicted octanol–water partition coefficient (Wildman–Crippen LogP) is 0.636. The summed E-state index contributed by atoms with van der Waals surface area (Å²) >= 11 is 2.06. The Kier molecular flexibility index (Phi) is 5.79. The van der Waals surface area contributed by atoms with Gasteiger partial charge < -0.3 is 10.2 Å². The van der Waals surface area contributed by atoms with Crippen LogP contribution in [0.2, 0.25) is 0 Å². The summed E-state index contributed by atoms with van der Waals surface area (Å²) in [6, 6.07) is 0. The van der Waals surface area contributed by atoms with Crippen molar-refractivity contribution >= 4 is 17.7 Å². The van der Waals surface area contributed by atoms with Crippen molar-refractivity contribution in [3.05, 3.63) is 0 Å². The summed E-state index contributed by atoms with van der Waals surface area (Å²) < 4.78 is 0. The van der Waals surface area contributed by atoms with Gasteiger partial charge in [-0.05, 0) is 19.4 Å². The number of amides is 1. The van der Waals surface area contributed by atoms with Gasteiger partial charge in [-0.3, -0.25) is 9.69 Å². The lowest BCUT2D eigenvalue weighted by atomic mass is 10.3. The molecule has 2 heterocycles. The molecule has 0 aromatic heterocycles. The first-order valence-corrected chi connectivity index (χ1v) is 8.17. The summed E-state index contributed by atoms with van der Waals surface area (Å²) in [4.78, 5) is 16.6. The van der Waals surface area contributed by atoms with E-state index in [1.165, 1.54) is 12.2 Å². The van der Waals surface area contributed by atoms with Crippen LogP contribution in [0.25, 0.3) is 0 Å². The predicted molar refractivity (Wildman–Crippen MR) is 77.0 cm³/mol. The lowest BCUT2D eigenvalue weighted by Crippen LogP contribution is -2.46. The van der Waals surface area contributed by atoms with Crippen LogP contribution in [-0.2, 0) is 4.79 Å². The first kappa shape index (κ1) is 14.2. The number of nitrogens with one attached hydrogen (secondary N) is 1. The van der Waals surface area contributed by atoms with Crippen LogP contribution in [0.5, 0.6) is 0 Å². The van der Waals surface area contributed by atoms with Crippen molar-refractivity contribution < 1.29 is 4.79 Å². The standard InChI is InChI=1S/C13H25N3OS/c1-2-12-10-15(8-9-18-12)11-13(17)16-6-3-4-14-5-7-16/h12,14H,2-11H2,1H3. The van der Waals surface area contributed by atoms with Crippen molar-refractivity contribution in [3.63, 3.8) is 0 Å². The maximum absolute atomic E-state index is 12.3. The van der Waals surface area contributed by atoms with E-state index in [2.05, 4.69) is 28.9 Å². The van der Waals surface area contributed by atoms with E-state index in [0.717, 1.165) is 50.9 Å². The molecule has 1 amide bonds. The summed E-state index contributed by atoms with van der Waals surface area (Å²) in [6.07, 6.45) is 2.29. The zero-order chi connectivity index (χ0) is 12.8. The van der Waals surface area contributed by atoms with Gasteiger partial charge in [0.25, 0.3) is 0 Å². The third kappa shape index (κ3) is 4.14. The van der Waals surface area contributed by atoms with Crippen LogP contribution in [-0.4, -0.2) is 72.5 Å². The summed E-state index contributed by atoms with van der Waals surface area (Å²) in [5.41, 5.74) is 0. The number of carbonyl (C=O) groups is 1. The molecule has 1 unspecified atom stereocenters. The van der Waals surface area contributed by atoms with E-state index in [1.54, 1.807) is 0 Å². The highest BCUT2D eigenvalue weighted by atomic mass is 32.2. The third-order valence-electron chi connectivity index (χ3n) is 3.73. The van der Waals surface area contributed by atoms with Gasteiger partial charge in [0.1, 0.15) is 0 Å². The van der Waals surface area contributed by atoms with Gasteiger partial charge in [0.2, 0.25) is 5.91 Å². The topological polar surface area (TPSA) is 35.6 Å². The molecule has 0 saturated carbocycles. The Morgan fingerprint density at radius 2 is 2.22 bits per heavy atom. The first-order chi connectivity index (χ1) is 8.79. The van der Waals surface area contributed by atoms with E-state index in [-0.39, 0.29) is 0 Å². The van der Waals surface area contributed by atoms with Gasteiger partial charge in [0.05, 0.1) is 6.54 Å². The molecule has 2 aliphatic heterocycles. The fourth-order valence-electron chi connectivity index (χ4n) is 2.56. The highest BCUT2D eigenvalue weighted by Crippen LogP contribution is 2.20. The second kappa shape index (κ2) is 7.36. The average Bonchev–Trinajstić information content (AvgIpc) is 2.68. The minimum atomic E-state index is 0.320. The second-order valence-corrected chi connectivity index (χ2v) is 6.53. The van der Waals surface area contributed by atoms with Crippen LogP contribution in [0.3, 0.4) is 0 Å². The molecule has 4 nitrogen and oxygen atoms in total. The zero-order valence-corrected chi connectivity index (χ0v) is 12.2. The lowest BCUT2D eigenvalue weighted by Gasteiger charge is -2.32. The minimum Gasteiger partial charge on any atom is -0.340 e. The molecule has 0 aromatic rings. The minimum absolute atomic E-state index is 0.320. The molecule has 2 aliphatic rings. The first-order valence-electron chi connectivity index (χ1n) is 7.12. The van der Waals surface area contributed by atoms with Gasteiger partial charge in [-0.15, -0.1) is 0 Å². The van der Waals surface area contributed by atoms with Crippen LogP contribution >= 0.6 is 11.8 Å². The Hall–Kier alpha value is -0.260. The Morgan fingerprint density at radius 1 is 1.33 bits per heavy atom. The zero-order valence-electron chi connectivity index (χ0n) is 11.4. The van der Waals surface area contributed by atoms with Crippen LogP contribution < -0.4 is 5.32 Å². The SMILES string of the molecule is CCC1CN(CC(=O)N2CCCNCC2)CCS1. The molecule has 2 fully saturated rings. The molecule has 0 spiro atoms. The van der Waals surface area contributed by atoms with Crippen molar-refractivity contribution in [2.45, 2.75) is 25.0 Å². The molecule has 0 aliphatic carbocycles. The van der Waals surface area contributed by atoms with Gasteiger partial charge in [0, 0.05) is 43.7 Å². The van der Waals surface area contributed by atoms with E-state index in [1.807, 2.05) is 4.90 Å². The van der Waals surface area contributed by atoms with Crippen LogP contribution in [0.4, 0.5) is 0 Å². The van der Waals surface area contributed by atoms with E-state index in [9.17, 15) is 4.79 Å². The van der Waals surface area contributed by atoms with Crippen molar-refractivity contribution in [2.75, 3.05) is 51.6 Å². The summed E-state index contributed by atoms with van der Waals surface area (Å²) in [7, 11) is 0. The maximum Gasteiger partial charge on any atom is 0.236 e. The Morgan fingerprint density at radius 3 is 3.06 bits per heavy atom. The molecule has 18 heavy (non-hydrogen) atoms. The van der Waals surface area contributed by atoms with Gasteiger partial charge in [0.15, 0.2) is 0 Å². The maximum atomic E-state index is 12.3. The summed E-state index contributed by atoms with van der Waals surface area (Å²) in [5.74, 6) is 1.49. The quantitative estimate of drug-likeness (QED) is 0.817. The van der Waals surface area contributed by atoms with Crippen LogP contribution in [0.15, 0.2) is 0 Å². The molecule has 0 bridgehead atoms. The number of hydrogen-bond donors (Lipinski definition) is 1. The Balaban J connectivity index is 1.78. The molecule has 0 radical (unpaired) electrons. The molecule has 0 aromatic carbocycles. The number of carbonyl (C=O) groups excluding carboxylic acids is 1. The number of nitrogens with zero attached hydrogens (tertiary/aromatic N) is 2. The number of hydrogen-bond acceptors (Lipinski definition) is 4. The van der Waals surface area contributed by atoms with Crippen molar-refractivity contribution in [2.24, 2.45) is 0 Å². The molecule has 1 atom stereocenters. The molecular weight excluding hydrogens is 246 g/mol. The molecule has 2 saturated heterocycles. The summed E-state index contributed by atoms with van der Waals surface area (Å²) in [5, 5.41) is 4.06. The fourth-order valence-corrected chi connectivity index (χ4v) is 3.81. The molecule has 2 rings (SSSR count). The average molecular weight is 271 g/mol. The normalized spacial score (nSPS) is 26.9. The van der Waals surface area contributed by atoms with E-state index in [4.69, 9.17) is 0 Å². The van der Waals surface area contributed by atoms with Gasteiger partial charge in [-0.2, -0.15) is 11.8 Å². The van der Waals surface area contributed by atoms with E-state index in [0.29, 0.717) is 12.5 Å². The van der Waals surface area contributed by atoms with E-state index >= 15 is 0 Å². The Bertz CT molecular complexity index is 267. The monoisotopic (exact) mass is 271 g/mol. The summed E-state index contributed by atoms with van der Waals surface area (Å²) in [6.45, 7) is 8.80. The van der Waals surface area contributed by atoms with Gasteiger partial charge in [-0.1, -0.05) is 6.92 Å². The van der Waals surface area contributed by atoms with Crippen molar-refractivity contribution in [1.82, 2.24) is 15.1 Å². The molecular formula is C13H25N3OS. The smallest absolute Gasteiger partial charge is 0.236 e. The molecule has 1 N–H and O–H groups in total. The molecule has 5 heteroatoms. The van der Waals surface area contributed by atoms with Crippen molar-refractivity contribution in [1.29, 1.82) is 0 Å². The second-order valence-electron chi connectivity index (χ2n) is 5.12. The Labute approximate surface area is 114 Å². The highest BCUT2D eigenvalue weighted by molar-refractivity contribution is 8.00. The van der Waals surface area contributed by atoms with Gasteiger partial charge >= 0.3 is 0 Å². The number of rotatable bonds is 3. The largest absolute Gasteiger partial charge is 0.340 e. The van der Waals surface area contributed by atoms with Crippen LogP contribution in [0.1, 0.15) is 19.8 Å². The van der Waals surface area contributed by atoms with Crippen LogP contribution in [0, 0.1) is 0 Å². The lowest BCUT2D eigenvalue weighted by molar-refractivity contribution is -0.132. The third-order valence-corrected chi connectivity index (χ3v) is 5.10. The molecule has 104 valence electrons.